The summed E-state index contributed by atoms with van der Waals surface area (Å²) in [6, 6.07) is 6.60. The third-order valence-electron chi connectivity index (χ3n) is 4.80. The van der Waals surface area contributed by atoms with Crippen molar-refractivity contribution >= 4 is 21.4 Å². The van der Waals surface area contributed by atoms with Gasteiger partial charge < -0.3 is 24.6 Å². The Kier molecular flexibility index (Phi) is 8.08. The second-order valence-electron chi connectivity index (χ2n) is 7.27. The molecule has 1 aliphatic heterocycles. The van der Waals surface area contributed by atoms with E-state index in [1.165, 1.54) is 20.4 Å². The zero-order valence-electron chi connectivity index (χ0n) is 17.7. The highest BCUT2D eigenvalue weighted by Crippen LogP contribution is 2.29. The average molecular weight is 437 g/mol. The van der Waals surface area contributed by atoms with E-state index in [4.69, 9.17) is 9.47 Å². The van der Waals surface area contributed by atoms with Gasteiger partial charge in [-0.1, -0.05) is 0 Å². The minimum absolute atomic E-state index is 0.0148. The standard InChI is InChI=1S/C20H28N4O5S/c1-23(2)8-9-24(16-7-10-30(26,27)14-16)13-15(12-21)20(25)22-18-11-17(28-3)5-6-19(18)29-4/h5-6,11,13,16H,7-10,14H2,1-4H3,(H,22,25)/b15-13-. The Labute approximate surface area is 177 Å². The molecule has 0 radical (unpaired) electrons. The lowest BCUT2D eigenvalue weighted by atomic mass is 10.2. The normalized spacial score (nSPS) is 18.0. The van der Waals surface area contributed by atoms with Crippen LogP contribution in [0.3, 0.4) is 0 Å². The van der Waals surface area contributed by atoms with E-state index in [-0.39, 0.29) is 23.1 Å². The molecule has 1 aromatic rings. The topological polar surface area (TPSA) is 112 Å². The monoisotopic (exact) mass is 436 g/mol. The Hall–Kier alpha value is -2.77. The Balaban J connectivity index is 2.27. The first-order valence-electron chi connectivity index (χ1n) is 9.45. The minimum Gasteiger partial charge on any atom is -0.497 e. The molecule has 10 heteroatoms. The lowest BCUT2D eigenvalue weighted by Crippen LogP contribution is -2.37. The largest absolute Gasteiger partial charge is 0.497 e. The van der Waals surface area contributed by atoms with Crippen molar-refractivity contribution in [2.45, 2.75) is 12.5 Å². The SMILES string of the molecule is COc1ccc(OC)c(NC(=O)/C(C#N)=C\N(CCN(C)C)C2CCS(=O)(=O)C2)c1. The van der Waals surface area contributed by atoms with Gasteiger partial charge in [0.1, 0.15) is 23.1 Å². The van der Waals surface area contributed by atoms with Crippen molar-refractivity contribution < 1.29 is 22.7 Å². The number of nitriles is 1. The van der Waals surface area contributed by atoms with Crippen LogP contribution in [-0.4, -0.2) is 83.1 Å². The van der Waals surface area contributed by atoms with E-state index < -0.39 is 15.7 Å². The molecule has 30 heavy (non-hydrogen) atoms. The van der Waals surface area contributed by atoms with Gasteiger partial charge in [-0.2, -0.15) is 5.26 Å². The van der Waals surface area contributed by atoms with Crippen LogP contribution in [0.1, 0.15) is 6.42 Å². The fourth-order valence-electron chi connectivity index (χ4n) is 3.11. The summed E-state index contributed by atoms with van der Waals surface area (Å²) in [6.45, 7) is 1.14. The van der Waals surface area contributed by atoms with Gasteiger partial charge in [0.25, 0.3) is 5.91 Å². The van der Waals surface area contributed by atoms with Gasteiger partial charge >= 0.3 is 0 Å². The van der Waals surface area contributed by atoms with Crippen molar-refractivity contribution in [2.75, 3.05) is 58.2 Å². The first-order chi connectivity index (χ1) is 14.2. The highest BCUT2D eigenvalue weighted by atomic mass is 32.2. The van der Waals surface area contributed by atoms with Gasteiger partial charge in [0.2, 0.25) is 0 Å². The number of amides is 1. The molecule has 1 amide bonds. The Morgan fingerprint density at radius 3 is 2.57 bits per heavy atom. The maximum atomic E-state index is 12.8. The molecule has 1 aliphatic rings. The molecular formula is C20H28N4O5S. The van der Waals surface area contributed by atoms with E-state index in [0.29, 0.717) is 36.7 Å². The van der Waals surface area contributed by atoms with Crippen molar-refractivity contribution in [1.82, 2.24) is 9.80 Å². The number of likely N-dealkylation sites (N-methyl/N-ethyl adjacent to an activating group) is 1. The third kappa shape index (κ3) is 6.37. The van der Waals surface area contributed by atoms with Crippen LogP contribution in [-0.2, 0) is 14.6 Å². The van der Waals surface area contributed by atoms with E-state index in [1.54, 1.807) is 23.1 Å². The molecule has 0 bridgehead atoms. The second-order valence-corrected chi connectivity index (χ2v) is 9.50. The second kappa shape index (κ2) is 10.3. The molecule has 1 heterocycles. The number of sulfone groups is 1. The van der Waals surface area contributed by atoms with Gasteiger partial charge in [0, 0.05) is 31.4 Å². The van der Waals surface area contributed by atoms with Crippen LogP contribution >= 0.6 is 0 Å². The van der Waals surface area contributed by atoms with E-state index in [9.17, 15) is 18.5 Å². The molecular weight excluding hydrogens is 408 g/mol. The number of hydrogen-bond donors (Lipinski definition) is 1. The zero-order chi connectivity index (χ0) is 22.3. The molecule has 1 atom stereocenters. The highest BCUT2D eigenvalue weighted by Gasteiger charge is 2.31. The predicted molar refractivity (Wildman–Crippen MR) is 114 cm³/mol. The van der Waals surface area contributed by atoms with Gasteiger partial charge in [-0.05, 0) is 32.6 Å². The number of ether oxygens (including phenoxy) is 2. The molecule has 164 valence electrons. The lowest BCUT2D eigenvalue weighted by molar-refractivity contribution is -0.112. The van der Waals surface area contributed by atoms with E-state index in [2.05, 4.69) is 5.32 Å². The number of anilines is 1. The minimum atomic E-state index is -3.11. The summed E-state index contributed by atoms with van der Waals surface area (Å²) in [5.74, 6) is 0.463. The van der Waals surface area contributed by atoms with Gasteiger partial charge in [-0.3, -0.25) is 4.79 Å². The molecule has 1 aromatic carbocycles. The number of nitrogens with zero attached hydrogens (tertiary/aromatic N) is 3. The highest BCUT2D eigenvalue weighted by molar-refractivity contribution is 7.91. The number of carbonyl (C=O) groups is 1. The number of rotatable bonds is 9. The van der Waals surface area contributed by atoms with Gasteiger partial charge in [0.15, 0.2) is 9.84 Å². The summed E-state index contributed by atoms with van der Waals surface area (Å²) < 4.78 is 34.3. The van der Waals surface area contributed by atoms with Gasteiger partial charge in [-0.15, -0.1) is 0 Å². The molecule has 1 unspecified atom stereocenters. The number of nitrogens with one attached hydrogen (secondary N) is 1. The number of benzene rings is 1. The van der Waals surface area contributed by atoms with Crippen LogP contribution < -0.4 is 14.8 Å². The molecule has 0 spiro atoms. The number of methoxy groups -OCH3 is 2. The zero-order valence-corrected chi connectivity index (χ0v) is 18.5. The molecule has 0 aromatic heterocycles. The quantitative estimate of drug-likeness (QED) is 0.452. The van der Waals surface area contributed by atoms with E-state index in [0.717, 1.165) is 0 Å². The van der Waals surface area contributed by atoms with Crippen LogP contribution in [0.2, 0.25) is 0 Å². The van der Waals surface area contributed by atoms with Crippen LogP contribution in [0, 0.1) is 11.3 Å². The first kappa shape index (κ1) is 23.5. The maximum Gasteiger partial charge on any atom is 0.267 e. The van der Waals surface area contributed by atoms with E-state index >= 15 is 0 Å². The van der Waals surface area contributed by atoms with Crippen molar-refractivity contribution in [3.63, 3.8) is 0 Å². The molecule has 9 nitrogen and oxygen atoms in total. The molecule has 0 aliphatic carbocycles. The van der Waals surface area contributed by atoms with Crippen molar-refractivity contribution in [2.24, 2.45) is 0 Å². The van der Waals surface area contributed by atoms with E-state index in [1.807, 2.05) is 25.1 Å². The number of hydrogen-bond acceptors (Lipinski definition) is 8. The van der Waals surface area contributed by atoms with Crippen molar-refractivity contribution in [1.29, 1.82) is 5.26 Å². The van der Waals surface area contributed by atoms with Crippen molar-refractivity contribution in [3.05, 3.63) is 30.0 Å². The Morgan fingerprint density at radius 2 is 2.03 bits per heavy atom. The summed E-state index contributed by atoms with van der Waals surface area (Å²) in [4.78, 5) is 16.5. The third-order valence-corrected chi connectivity index (χ3v) is 6.55. The predicted octanol–water partition coefficient (Wildman–Crippen LogP) is 1.10. The summed E-state index contributed by atoms with van der Waals surface area (Å²) in [5.41, 5.74) is 0.245. The average Bonchev–Trinajstić information content (AvgIpc) is 3.07. The lowest BCUT2D eigenvalue weighted by Gasteiger charge is -2.28. The smallest absolute Gasteiger partial charge is 0.267 e. The molecule has 0 saturated carbocycles. The van der Waals surface area contributed by atoms with Crippen LogP contribution in [0.25, 0.3) is 0 Å². The first-order valence-corrected chi connectivity index (χ1v) is 11.3. The summed E-state index contributed by atoms with van der Waals surface area (Å²) >= 11 is 0. The van der Waals surface area contributed by atoms with Crippen LogP contribution in [0.15, 0.2) is 30.0 Å². The molecule has 2 rings (SSSR count). The molecule has 1 N–H and O–H groups in total. The summed E-state index contributed by atoms with van der Waals surface area (Å²) in [5, 5.41) is 12.3. The number of carbonyl (C=O) groups excluding carboxylic acids is 1. The Morgan fingerprint density at radius 1 is 1.30 bits per heavy atom. The molecule has 1 saturated heterocycles. The molecule has 1 fully saturated rings. The Bertz CT molecular complexity index is 937. The fourth-order valence-corrected chi connectivity index (χ4v) is 4.85. The summed E-state index contributed by atoms with van der Waals surface area (Å²) in [7, 11) is 3.68. The van der Waals surface area contributed by atoms with Crippen LogP contribution in [0.5, 0.6) is 11.5 Å². The van der Waals surface area contributed by atoms with Gasteiger partial charge in [0.05, 0.1) is 31.4 Å². The van der Waals surface area contributed by atoms with Crippen LogP contribution in [0.4, 0.5) is 5.69 Å². The fraction of sp³-hybridized carbons (Fsp3) is 0.500. The van der Waals surface area contributed by atoms with Gasteiger partial charge in [-0.25, -0.2) is 8.42 Å². The van der Waals surface area contributed by atoms with Crippen molar-refractivity contribution in [3.8, 4) is 17.6 Å². The summed E-state index contributed by atoms with van der Waals surface area (Å²) in [6.07, 6.45) is 1.92. The maximum absolute atomic E-state index is 12.8.